The molecule has 1 heterocycles. The summed E-state index contributed by atoms with van der Waals surface area (Å²) in [5.41, 5.74) is 1.99. The molecule has 0 spiro atoms. The molecular formula is C22H21FN2O4. The summed E-state index contributed by atoms with van der Waals surface area (Å²) in [7, 11) is 1.48. The van der Waals surface area contributed by atoms with Crippen LogP contribution in [0.2, 0.25) is 0 Å². The van der Waals surface area contributed by atoms with Gasteiger partial charge in [0.25, 0.3) is 11.8 Å². The van der Waals surface area contributed by atoms with Crippen molar-refractivity contribution in [1.29, 1.82) is 0 Å². The Morgan fingerprint density at radius 2 is 1.76 bits per heavy atom. The number of ether oxygens (including phenoxy) is 3. The van der Waals surface area contributed by atoms with Gasteiger partial charge in [-0.05, 0) is 29.3 Å². The lowest BCUT2D eigenvalue weighted by Gasteiger charge is -2.15. The van der Waals surface area contributed by atoms with Crippen molar-refractivity contribution < 1.29 is 23.4 Å². The fourth-order valence-corrected chi connectivity index (χ4v) is 2.57. The molecule has 0 aliphatic rings. The standard InChI is InChI=1S/C22H21FN2O4/c1-27-15-29-20-19(21(26)25-13-16-7-9-18(23)10-8-16)11-12-24-22(20)28-14-17-5-3-2-4-6-17/h2-12H,13-15H2,1H3,(H,25,26). The minimum atomic E-state index is -0.368. The maximum atomic E-state index is 13.0. The summed E-state index contributed by atoms with van der Waals surface area (Å²) in [5.74, 6) is -0.306. The zero-order valence-corrected chi connectivity index (χ0v) is 15.9. The van der Waals surface area contributed by atoms with Gasteiger partial charge in [-0.25, -0.2) is 9.37 Å². The van der Waals surface area contributed by atoms with Crippen LogP contribution in [0.25, 0.3) is 0 Å². The molecule has 0 radical (unpaired) electrons. The number of hydrogen-bond donors (Lipinski definition) is 1. The summed E-state index contributed by atoms with van der Waals surface area (Å²) in [5, 5.41) is 2.79. The van der Waals surface area contributed by atoms with Crippen molar-refractivity contribution in [2.24, 2.45) is 0 Å². The quantitative estimate of drug-likeness (QED) is 0.559. The number of aromatic nitrogens is 1. The van der Waals surface area contributed by atoms with E-state index in [2.05, 4.69) is 10.3 Å². The van der Waals surface area contributed by atoms with Crippen LogP contribution in [0.1, 0.15) is 21.5 Å². The summed E-state index contributed by atoms with van der Waals surface area (Å²) in [4.78, 5) is 16.9. The molecule has 150 valence electrons. The molecule has 29 heavy (non-hydrogen) atoms. The average molecular weight is 396 g/mol. The zero-order valence-electron chi connectivity index (χ0n) is 15.9. The number of carbonyl (C=O) groups is 1. The fourth-order valence-electron chi connectivity index (χ4n) is 2.57. The van der Waals surface area contributed by atoms with Gasteiger partial charge in [0.05, 0.1) is 5.56 Å². The minimum Gasteiger partial charge on any atom is -0.470 e. The highest BCUT2D eigenvalue weighted by atomic mass is 19.1. The number of carbonyl (C=O) groups excluding carboxylic acids is 1. The molecule has 1 amide bonds. The Labute approximate surface area is 168 Å². The molecule has 7 heteroatoms. The van der Waals surface area contributed by atoms with Crippen molar-refractivity contribution in [2.45, 2.75) is 13.2 Å². The van der Waals surface area contributed by atoms with Crippen molar-refractivity contribution in [3.8, 4) is 11.6 Å². The number of halogens is 1. The minimum absolute atomic E-state index is 0.0639. The van der Waals surface area contributed by atoms with E-state index in [4.69, 9.17) is 14.2 Å². The first-order valence-corrected chi connectivity index (χ1v) is 8.97. The first-order valence-electron chi connectivity index (χ1n) is 8.97. The third kappa shape index (κ3) is 5.76. The highest BCUT2D eigenvalue weighted by Gasteiger charge is 2.19. The Hall–Kier alpha value is -3.45. The first kappa shape index (κ1) is 20.3. The number of methoxy groups -OCH3 is 1. The van der Waals surface area contributed by atoms with Crippen LogP contribution < -0.4 is 14.8 Å². The van der Waals surface area contributed by atoms with E-state index in [-0.39, 0.29) is 48.9 Å². The fraction of sp³-hybridized carbons (Fsp3) is 0.182. The van der Waals surface area contributed by atoms with Gasteiger partial charge in [-0.1, -0.05) is 42.5 Å². The van der Waals surface area contributed by atoms with Crippen LogP contribution in [0.3, 0.4) is 0 Å². The van der Waals surface area contributed by atoms with E-state index in [1.165, 1.54) is 25.4 Å². The molecule has 0 atom stereocenters. The van der Waals surface area contributed by atoms with Gasteiger partial charge in [0.1, 0.15) is 12.4 Å². The number of nitrogens with one attached hydrogen (secondary N) is 1. The molecule has 1 aromatic heterocycles. The smallest absolute Gasteiger partial charge is 0.258 e. The monoisotopic (exact) mass is 396 g/mol. The van der Waals surface area contributed by atoms with Crippen molar-refractivity contribution in [1.82, 2.24) is 10.3 Å². The summed E-state index contributed by atoms with van der Waals surface area (Å²) in [6.45, 7) is 0.453. The number of amides is 1. The predicted molar refractivity (Wildman–Crippen MR) is 105 cm³/mol. The van der Waals surface area contributed by atoms with E-state index in [1.807, 2.05) is 30.3 Å². The average Bonchev–Trinajstić information content (AvgIpc) is 2.76. The van der Waals surface area contributed by atoms with Crippen LogP contribution >= 0.6 is 0 Å². The van der Waals surface area contributed by atoms with Gasteiger partial charge >= 0.3 is 0 Å². The maximum absolute atomic E-state index is 13.0. The predicted octanol–water partition coefficient (Wildman–Crippen LogP) is 3.71. The number of rotatable bonds is 9. The molecule has 0 aliphatic heterocycles. The number of hydrogen-bond acceptors (Lipinski definition) is 5. The summed E-state index contributed by atoms with van der Waals surface area (Å²) >= 11 is 0. The summed E-state index contributed by atoms with van der Waals surface area (Å²) in [6, 6.07) is 17.0. The molecule has 0 saturated carbocycles. The number of nitrogens with zero attached hydrogens (tertiary/aromatic N) is 1. The van der Waals surface area contributed by atoms with E-state index >= 15 is 0 Å². The number of pyridine rings is 1. The topological polar surface area (TPSA) is 69.7 Å². The summed E-state index contributed by atoms with van der Waals surface area (Å²) < 4.78 is 29.3. The molecule has 0 saturated heterocycles. The van der Waals surface area contributed by atoms with Crippen molar-refractivity contribution >= 4 is 5.91 Å². The van der Waals surface area contributed by atoms with Crippen molar-refractivity contribution in [2.75, 3.05) is 13.9 Å². The van der Waals surface area contributed by atoms with E-state index in [9.17, 15) is 9.18 Å². The van der Waals surface area contributed by atoms with Gasteiger partial charge in [0, 0.05) is 19.9 Å². The second-order valence-electron chi connectivity index (χ2n) is 6.13. The maximum Gasteiger partial charge on any atom is 0.258 e. The SMILES string of the molecule is COCOc1c(C(=O)NCc2ccc(F)cc2)ccnc1OCc1ccccc1. The molecule has 2 aromatic carbocycles. The zero-order chi connectivity index (χ0) is 20.5. The highest BCUT2D eigenvalue weighted by Crippen LogP contribution is 2.29. The molecule has 6 nitrogen and oxygen atoms in total. The second kappa shape index (κ2) is 10.2. The van der Waals surface area contributed by atoms with Gasteiger partial charge in [0.2, 0.25) is 0 Å². The molecule has 3 rings (SSSR count). The lowest BCUT2D eigenvalue weighted by atomic mass is 10.2. The van der Waals surface area contributed by atoms with Crippen molar-refractivity contribution in [3.05, 3.63) is 89.4 Å². The Balaban J connectivity index is 1.75. The first-order chi connectivity index (χ1) is 14.2. The largest absolute Gasteiger partial charge is 0.470 e. The lowest BCUT2D eigenvalue weighted by Crippen LogP contribution is -2.24. The van der Waals surface area contributed by atoms with Gasteiger partial charge in [0.15, 0.2) is 12.5 Å². The Bertz CT molecular complexity index is 933. The van der Waals surface area contributed by atoms with Crippen LogP contribution in [-0.4, -0.2) is 24.8 Å². The Morgan fingerprint density at radius 3 is 2.48 bits per heavy atom. The highest BCUT2D eigenvalue weighted by molar-refractivity contribution is 5.97. The van der Waals surface area contributed by atoms with Crippen LogP contribution in [0.15, 0.2) is 66.9 Å². The van der Waals surface area contributed by atoms with E-state index in [0.29, 0.717) is 0 Å². The number of benzene rings is 2. The van der Waals surface area contributed by atoms with Crippen LogP contribution in [0, 0.1) is 5.82 Å². The Morgan fingerprint density at radius 1 is 1.00 bits per heavy atom. The molecule has 0 fully saturated rings. The lowest BCUT2D eigenvalue weighted by molar-refractivity contribution is 0.0467. The van der Waals surface area contributed by atoms with Crippen molar-refractivity contribution in [3.63, 3.8) is 0 Å². The van der Waals surface area contributed by atoms with E-state index in [1.54, 1.807) is 18.2 Å². The molecule has 0 aliphatic carbocycles. The van der Waals surface area contributed by atoms with E-state index < -0.39 is 0 Å². The third-order valence-electron chi connectivity index (χ3n) is 4.02. The molecule has 0 unspecified atom stereocenters. The molecular weight excluding hydrogens is 375 g/mol. The van der Waals surface area contributed by atoms with E-state index in [0.717, 1.165) is 11.1 Å². The van der Waals surface area contributed by atoms with Gasteiger partial charge in [-0.2, -0.15) is 0 Å². The van der Waals surface area contributed by atoms with Gasteiger partial charge < -0.3 is 19.5 Å². The van der Waals surface area contributed by atoms with Gasteiger partial charge in [-0.15, -0.1) is 0 Å². The second-order valence-corrected chi connectivity index (χ2v) is 6.13. The molecule has 3 aromatic rings. The molecule has 1 N–H and O–H groups in total. The molecule has 0 bridgehead atoms. The normalized spacial score (nSPS) is 10.4. The van der Waals surface area contributed by atoms with Crippen LogP contribution in [0.5, 0.6) is 11.6 Å². The summed E-state index contributed by atoms with van der Waals surface area (Å²) in [6.07, 6.45) is 1.48. The third-order valence-corrected chi connectivity index (χ3v) is 4.02. The Kier molecular flexibility index (Phi) is 7.13. The van der Waals surface area contributed by atoms with Crippen LogP contribution in [-0.2, 0) is 17.9 Å². The van der Waals surface area contributed by atoms with Crippen LogP contribution in [0.4, 0.5) is 4.39 Å². The van der Waals surface area contributed by atoms with Gasteiger partial charge in [-0.3, -0.25) is 4.79 Å².